The Hall–Kier alpha value is -1.32. The lowest BCUT2D eigenvalue weighted by Crippen LogP contribution is -2.43. The molecule has 0 radical (unpaired) electrons. The first-order chi connectivity index (χ1) is 6.52. The highest BCUT2D eigenvalue weighted by Gasteiger charge is 2.09. The molecule has 0 aliphatic heterocycles. The molecule has 0 unspecified atom stereocenters. The van der Waals surface area contributed by atoms with Crippen molar-refractivity contribution in [2.75, 3.05) is 0 Å². The van der Waals surface area contributed by atoms with E-state index in [2.05, 4.69) is 0 Å². The first kappa shape index (κ1) is 12.7. The third-order valence-electron chi connectivity index (χ3n) is 2.12. The predicted octanol–water partition coefficient (Wildman–Crippen LogP) is -0.761. The van der Waals surface area contributed by atoms with Gasteiger partial charge in [0, 0.05) is 5.92 Å². The number of hydrogen-bond donors (Lipinski definition) is 0. The fourth-order valence-corrected chi connectivity index (χ4v) is 1.11. The number of hydrogen-bond acceptors (Lipinski definition) is 4. The van der Waals surface area contributed by atoms with Crippen molar-refractivity contribution in [3.05, 3.63) is 11.6 Å². The van der Waals surface area contributed by atoms with Crippen LogP contribution in [0.3, 0.4) is 0 Å². The van der Waals surface area contributed by atoms with Crippen LogP contribution in [0.1, 0.15) is 33.1 Å². The summed E-state index contributed by atoms with van der Waals surface area (Å²) in [7, 11) is 0. The zero-order valence-corrected chi connectivity index (χ0v) is 8.41. The first-order valence-electron chi connectivity index (χ1n) is 4.62. The number of carboxylic acids is 2. The van der Waals surface area contributed by atoms with Gasteiger partial charge in [-0.25, -0.2) is 0 Å². The number of carbonyl (C=O) groups is 2. The Morgan fingerprint density at radius 1 is 1.14 bits per heavy atom. The molecule has 0 saturated heterocycles. The minimum atomic E-state index is -1.59. The molecule has 0 fully saturated rings. The van der Waals surface area contributed by atoms with E-state index >= 15 is 0 Å². The van der Waals surface area contributed by atoms with Gasteiger partial charge < -0.3 is 19.8 Å². The molecule has 0 amide bonds. The van der Waals surface area contributed by atoms with Gasteiger partial charge in [0.15, 0.2) is 0 Å². The zero-order chi connectivity index (χ0) is 11.1. The number of carbonyl (C=O) groups excluding carboxylic acids is 2. The van der Waals surface area contributed by atoms with Crippen molar-refractivity contribution >= 4 is 11.9 Å². The lowest BCUT2D eigenvalue weighted by Gasteiger charge is -2.17. The molecule has 0 saturated carbocycles. The van der Waals surface area contributed by atoms with Crippen LogP contribution in [0.15, 0.2) is 11.6 Å². The minimum Gasteiger partial charge on any atom is -0.549 e. The summed E-state index contributed by atoms with van der Waals surface area (Å²) in [5.41, 5.74) is 1.04. The summed E-state index contributed by atoms with van der Waals surface area (Å²) in [5.74, 6) is -4.72. The second kappa shape index (κ2) is 6.18. The minimum absolute atomic E-state index is 0.0539. The third kappa shape index (κ3) is 4.07. The molecule has 0 rings (SSSR count). The average molecular weight is 198 g/mol. The quantitative estimate of drug-likeness (QED) is 0.415. The van der Waals surface area contributed by atoms with Crippen LogP contribution in [0.4, 0.5) is 0 Å². The lowest BCUT2D eigenvalue weighted by molar-refractivity contribution is -0.331. The molecule has 0 atom stereocenters. The van der Waals surface area contributed by atoms with Gasteiger partial charge in [-0.1, -0.05) is 25.5 Å². The van der Waals surface area contributed by atoms with Gasteiger partial charge in [0.2, 0.25) is 0 Å². The van der Waals surface area contributed by atoms with Crippen LogP contribution in [0, 0.1) is 5.92 Å². The fraction of sp³-hybridized carbons (Fsp3) is 0.600. The Bertz CT molecular complexity index is 223. The molecule has 0 heterocycles. The maximum atomic E-state index is 10.4. The van der Waals surface area contributed by atoms with E-state index in [-0.39, 0.29) is 6.42 Å². The van der Waals surface area contributed by atoms with Crippen LogP contribution in [-0.4, -0.2) is 11.9 Å². The Morgan fingerprint density at radius 3 is 1.86 bits per heavy atom. The van der Waals surface area contributed by atoms with Gasteiger partial charge in [-0.15, -0.1) is 0 Å². The van der Waals surface area contributed by atoms with E-state index in [4.69, 9.17) is 0 Å². The number of carboxylic acid groups (broad SMARTS) is 2. The number of aliphatic carboxylic acids is 2. The lowest BCUT2D eigenvalue weighted by atomic mass is 10.0. The average Bonchev–Trinajstić information content (AvgIpc) is 2.11. The summed E-state index contributed by atoms with van der Waals surface area (Å²) in [4.78, 5) is 20.7. The van der Waals surface area contributed by atoms with Gasteiger partial charge in [-0.3, -0.25) is 0 Å². The molecule has 80 valence electrons. The second-order valence-electron chi connectivity index (χ2n) is 3.00. The SMILES string of the molecule is CCC(=CCC(C(=O)[O-])C(=O)[O-])CC. The largest absolute Gasteiger partial charge is 0.549 e. The summed E-state index contributed by atoms with van der Waals surface area (Å²) in [6.07, 6.45) is 3.17. The fourth-order valence-electron chi connectivity index (χ4n) is 1.11. The molecule has 0 aliphatic rings. The van der Waals surface area contributed by atoms with Gasteiger partial charge in [-0.2, -0.15) is 0 Å². The molecular weight excluding hydrogens is 184 g/mol. The van der Waals surface area contributed by atoms with E-state index < -0.39 is 17.9 Å². The van der Waals surface area contributed by atoms with Crippen LogP contribution in [0.5, 0.6) is 0 Å². The monoisotopic (exact) mass is 198 g/mol. The van der Waals surface area contributed by atoms with Crippen molar-refractivity contribution < 1.29 is 19.8 Å². The number of allylic oxidation sites excluding steroid dienone is 2. The Kier molecular flexibility index (Phi) is 5.60. The highest BCUT2D eigenvalue weighted by atomic mass is 16.4. The number of rotatable bonds is 6. The van der Waals surface area contributed by atoms with Crippen LogP contribution in [0.25, 0.3) is 0 Å². The van der Waals surface area contributed by atoms with E-state index in [9.17, 15) is 19.8 Å². The first-order valence-corrected chi connectivity index (χ1v) is 4.62. The second-order valence-corrected chi connectivity index (χ2v) is 3.00. The van der Waals surface area contributed by atoms with Crippen molar-refractivity contribution in [3.63, 3.8) is 0 Å². The van der Waals surface area contributed by atoms with E-state index in [1.165, 1.54) is 0 Å². The normalized spacial score (nSPS) is 9.93. The molecule has 0 spiro atoms. The zero-order valence-electron chi connectivity index (χ0n) is 8.41. The Labute approximate surface area is 83.2 Å². The summed E-state index contributed by atoms with van der Waals surface area (Å²) in [5, 5.41) is 20.7. The van der Waals surface area contributed by atoms with Crippen molar-refractivity contribution in [2.24, 2.45) is 5.92 Å². The van der Waals surface area contributed by atoms with E-state index in [1.807, 2.05) is 13.8 Å². The van der Waals surface area contributed by atoms with Gasteiger partial charge in [0.25, 0.3) is 0 Å². The Morgan fingerprint density at radius 2 is 1.57 bits per heavy atom. The van der Waals surface area contributed by atoms with Crippen molar-refractivity contribution in [2.45, 2.75) is 33.1 Å². The van der Waals surface area contributed by atoms with Crippen LogP contribution in [0.2, 0.25) is 0 Å². The smallest absolute Gasteiger partial charge is 0.0504 e. The molecule has 0 aromatic carbocycles. The molecule has 0 aromatic rings. The highest BCUT2D eigenvalue weighted by Crippen LogP contribution is 2.10. The van der Waals surface area contributed by atoms with Crippen molar-refractivity contribution in [1.82, 2.24) is 0 Å². The summed E-state index contributed by atoms with van der Waals surface area (Å²) in [6, 6.07) is 0. The molecule has 0 aliphatic carbocycles. The standard InChI is InChI=1S/C10H16O4/c1-3-7(4-2)5-6-8(9(11)12)10(13)14/h5,8H,3-4,6H2,1-2H3,(H,11,12)(H,13,14)/p-2. The summed E-state index contributed by atoms with van der Waals surface area (Å²) in [6.45, 7) is 3.87. The van der Waals surface area contributed by atoms with Gasteiger partial charge >= 0.3 is 0 Å². The predicted molar refractivity (Wildman–Crippen MR) is 46.8 cm³/mol. The van der Waals surface area contributed by atoms with Crippen molar-refractivity contribution in [1.29, 1.82) is 0 Å². The molecule has 4 heteroatoms. The van der Waals surface area contributed by atoms with E-state index in [0.717, 1.165) is 18.4 Å². The van der Waals surface area contributed by atoms with Crippen LogP contribution < -0.4 is 10.2 Å². The third-order valence-corrected chi connectivity index (χ3v) is 2.12. The molecule has 0 bridgehead atoms. The van der Waals surface area contributed by atoms with E-state index in [1.54, 1.807) is 6.08 Å². The Balaban J connectivity index is 4.39. The topological polar surface area (TPSA) is 80.3 Å². The molecule has 0 N–H and O–H groups in total. The van der Waals surface area contributed by atoms with Gasteiger partial charge in [0.1, 0.15) is 0 Å². The maximum Gasteiger partial charge on any atom is 0.0504 e. The molecule has 4 nitrogen and oxygen atoms in total. The molecule has 0 aromatic heterocycles. The summed E-state index contributed by atoms with van der Waals surface area (Å²) >= 11 is 0. The maximum absolute atomic E-state index is 10.4. The van der Waals surface area contributed by atoms with E-state index in [0.29, 0.717) is 0 Å². The molecular formula is C10H14O4-2. The van der Waals surface area contributed by atoms with Crippen LogP contribution >= 0.6 is 0 Å². The summed E-state index contributed by atoms with van der Waals surface area (Å²) < 4.78 is 0. The van der Waals surface area contributed by atoms with Crippen LogP contribution in [-0.2, 0) is 9.59 Å². The van der Waals surface area contributed by atoms with Crippen molar-refractivity contribution in [3.8, 4) is 0 Å². The molecule has 14 heavy (non-hydrogen) atoms. The van der Waals surface area contributed by atoms with Gasteiger partial charge in [0.05, 0.1) is 11.9 Å². The highest BCUT2D eigenvalue weighted by molar-refractivity contribution is 5.90. The van der Waals surface area contributed by atoms with Gasteiger partial charge in [-0.05, 0) is 19.3 Å².